The van der Waals surface area contributed by atoms with Gasteiger partial charge in [-0.3, -0.25) is 0 Å². The second-order valence-electron chi connectivity index (χ2n) is 1.84. The number of hydrogen-bond donors (Lipinski definition) is 0. The van der Waals surface area contributed by atoms with Gasteiger partial charge in [0.2, 0.25) is 0 Å². The fourth-order valence-electron chi connectivity index (χ4n) is 0.628. The van der Waals surface area contributed by atoms with Gasteiger partial charge in [0.05, 0.1) is 0 Å². The molecule has 1 aromatic carbocycles. The van der Waals surface area contributed by atoms with E-state index in [0.717, 1.165) is 0 Å². The van der Waals surface area contributed by atoms with Crippen LogP contribution in [-0.4, -0.2) is 16.0 Å². The summed E-state index contributed by atoms with van der Waals surface area (Å²) in [6.07, 6.45) is 0. The van der Waals surface area contributed by atoms with E-state index in [1.807, 2.05) is 0 Å². The molecule has 0 aliphatic heterocycles. The molecule has 8 heavy (non-hydrogen) atoms. The van der Waals surface area contributed by atoms with Crippen LogP contribution in [0.3, 0.4) is 0 Å². The maximum atomic E-state index is 2.52. The predicted molar refractivity (Wildman–Crippen MR) is 38.0 cm³/mol. The normalized spacial score (nSPS) is 9.25. The van der Waals surface area contributed by atoms with E-state index in [-0.39, 0.29) is 0 Å². The summed E-state index contributed by atoms with van der Waals surface area (Å²) < 4.78 is 1.28. The van der Waals surface area contributed by atoms with Crippen LogP contribution in [0, 0.1) is 6.92 Å². The first kappa shape index (κ1) is 5.87. The summed E-state index contributed by atoms with van der Waals surface area (Å²) in [5, 5.41) is 0. The molecular weight excluding hydrogens is 163 g/mol. The predicted octanol–water partition coefficient (Wildman–Crippen LogP) is 0.521. The van der Waals surface area contributed by atoms with Gasteiger partial charge in [0.15, 0.2) is 0 Å². The van der Waals surface area contributed by atoms with Crippen molar-refractivity contribution in [3.05, 3.63) is 29.8 Å². The van der Waals surface area contributed by atoms with E-state index in [1.54, 1.807) is 0 Å². The average Bonchev–Trinajstić information content (AvgIpc) is 1.64. The Morgan fingerprint density at radius 1 is 1.38 bits per heavy atom. The molecule has 0 radical (unpaired) electrons. The van der Waals surface area contributed by atoms with E-state index >= 15 is 0 Å². The van der Waals surface area contributed by atoms with Gasteiger partial charge in [0.1, 0.15) is 0 Å². The van der Waals surface area contributed by atoms with Crippen molar-refractivity contribution in [2.75, 3.05) is 0 Å². The van der Waals surface area contributed by atoms with Crippen LogP contribution in [0.5, 0.6) is 0 Å². The third-order valence-electron chi connectivity index (χ3n) is 1.00. The molecule has 0 aromatic heterocycles. The first-order valence-electron chi connectivity index (χ1n) is 2.54. The maximum absolute atomic E-state index is 2.52. The summed E-state index contributed by atoms with van der Waals surface area (Å²) >= 11 is 2.52. The Labute approximate surface area is 57.7 Å². The van der Waals surface area contributed by atoms with Crippen LogP contribution in [0.15, 0.2) is 24.3 Å². The average molecular weight is 171 g/mol. The Kier molecular flexibility index (Phi) is 1.72. The van der Waals surface area contributed by atoms with Gasteiger partial charge in [-0.25, -0.2) is 0 Å². The van der Waals surface area contributed by atoms with Crippen LogP contribution >= 0.6 is 0 Å². The Morgan fingerprint density at radius 2 is 2.12 bits per heavy atom. The summed E-state index contributed by atoms with van der Waals surface area (Å²) in [5.74, 6) is 0. The first-order valence-corrected chi connectivity index (χ1v) is 3.48. The number of rotatable bonds is 0. The van der Waals surface area contributed by atoms with Gasteiger partial charge in [0.25, 0.3) is 0 Å². The van der Waals surface area contributed by atoms with Crippen LogP contribution in [0.25, 0.3) is 0 Å². The van der Waals surface area contributed by atoms with E-state index in [0.29, 0.717) is 0 Å². The van der Waals surface area contributed by atoms with Crippen LogP contribution < -0.4 is 4.46 Å². The zero-order valence-corrected chi connectivity index (χ0v) is 6.63. The van der Waals surface area contributed by atoms with Gasteiger partial charge in [-0.05, 0) is 0 Å². The van der Waals surface area contributed by atoms with Crippen LogP contribution in [0.1, 0.15) is 5.56 Å². The molecule has 0 unspecified atom stereocenters. The number of aryl methyl sites for hydroxylation is 1. The molecule has 0 spiro atoms. The third-order valence-corrected chi connectivity index (χ3v) is 1.59. The summed E-state index contributed by atoms with van der Waals surface area (Å²) in [6.45, 7) is 2.09. The van der Waals surface area contributed by atoms with E-state index in [9.17, 15) is 0 Å². The molecule has 0 N–H and O–H groups in total. The second kappa shape index (κ2) is 2.34. The molecule has 0 atom stereocenters. The quantitative estimate of drug-likeness (QED) is 0.499. The van der Waals surface area contributed by atoms with Crippen molar-refractivity contribution in [1.82, 2.24) is 0 Å². The second-order valence-corrected chi connectivity index (χ2v) is 2.92. The molecule has 0 saturated heterocycles. The molecule has 0 bridgehead atoms. The summed E-state index contributed by atoms with van der Waals surface area (Å²) in [5.41, 5.74) is 1.32. The van der Waals surface area contributed by atoms with E-state index in [1.165, 1.54) is 10.0 Å². The van der Waals surface area contributed by atoms with E-state index < -0.39 is 0 Å². The van der Waals surface area contributed by atoms with Crippen molar-refractivity contribution in [3.8, 4) is 0 Å². The van der Waals surface area contributed by atoms with Crippen molar-refractivity contribution < 1.29 is 0 Å². The Hall–Kier alpha value is -0.261. The molecule has 1 rings (SSSR count). The fourth-order valence-corrected chi connectivity index (χ4v) is 1.24. The van der Waals surface area contributed by atoms with Gasteiger partial charge in [-0.15, -0.1) is 0 Å². The fraction of sp³-hybridized carbons (Fsp3) is 0.143. The van der Waals surface area contributed by atoms with Crippen molar-refractivity contribution in [3.63, 3.8) is 0 Å². The van der Waals surface area contributed by atoms with Gasteiger partial charge < -0.3 is 0 Å². The Balaban J connectivity index is 3.08. The SMILES string of the molecule is Cc1cccc([SeH])c1. The molecule has 0 aliphatic carbocycles. The minimum absolute atomic E-state index is 1.28. The Bertz CT molecular complexity index is 164. The third kappa shape index (κ3) is 1.36. The number of benzene rings is 1. The van der Waals surface area contributed by atoms with Gasteiger partial charge in [0, 0.05) is 0 Å². The molecule has 42 valence electrons. The topological polar surface area (TPSA) is 0 Å². The molecule has 0 saturated carbocycles. The zero-order valence-electron chi connectivity index (χ0n) is 4.76. The minimum atomic E-state index is 1.28. The molecule has 0 nitrogen and oxygen atoms in total. The number of hydrogen-bond acceptors (Lipinski definition) is 0. The van der Waals surface area contributed by atoms with Crippen LogP contribution in [0.2, 0.25) is 0 Å². The molecule has 0 heterocycles. The standard InChI is InChI=1S/C7H8Se/c1-6-3-2-4-7(8)5-6/h2-5,8H,1H3. The van der Waals surface area contributed by atoms with Crippen LogP contribution in [0.4, 0.5) is 0 Å². The summed E-state index contributed by atoms with van der Waals surface area (Å²) in [7, 11) is 0. The summed E-state index contributed by atoms with van der Waals surface area (Å²) in [6, 6.07) is 8.37. The Morgan fingerprint density at radius 3 is 2.50 bits per heavy atom. The van der Waals surface area contributed by atoms with Crippen LogP contribution in [-0.2, 0) is 0 Å². The van der Waals surface area contributed by atoms with E-state index in [2.05, 4.69) is 47.2 Å². The molecule has 1 aromatic rings. The molecule has 0 aliphatic rings. The van der Waals surface area contributed by atoms with Gasteiger partial charge >= 0.3 is 57.2 Å². The van der Waals surface area contributed by atoms with Gasteiger partial charge in [-0.1, -0.05) is 0 Å². The summed E-state index contributed by atoms with van der Waals surface area (Å²) in [4.78, 5) is 0. The molecule has 0 amide bonds. The van der Waals surface area contributed by atoms with Crippen molar-refractivity contribution >= 4 is 20.5 Å². The van der Waals surface area contributed by atoms with Crippen molar-refractivity contribution in [1.29, 1.82) is 0 Å². The monoisotopic (exact) mass is 172 g/mol. The zero-order chi connectivity index (χ0) is 5.98. The van der Waals surface area contributed by atoms with Crippen molar-refractivity contribution in [2.45, 2.75) is 6.92 Å². The van der Waals surface area contributed by atoms with Crippen molar-refractivity contribution in [2.24, 2.45) is 0 Å². The molecule has 1 heteroatoms. The van der Waals surface area contributed by atoms with E-state index in [4.69, 9.17) is 0 Å². The van der Waals surface area contributed by atoms with Gasteiger partial charge in [-0.2, -0.15) is 0 Å². The first-order chi connectivity index (χ1) is 3.79. The molecular formula is C7H8Se. The molecule has 0 fully saturated rings.